The highest BCUT2D eigenvalue weighted by Gasteiger charge is 2.49. The van der Waals surface area contributed by atoms with Crippen LogP contribution in [0.2, 0.25) is 0 Å². The molecule has 35 heavy (non-hydrogen) atoms. The fourth-order valence-electron chi connectivity index (χ4n) is 4.83. The van der Waals surface area contributed by atoms with Crippen LogP contribution in [-0.2, 0) is 19.1 Å². The normalized spacial score (nSPS) is 22.1. The summed E-state index contributed by atoms with van der Waals surface area (Å²) in [4.78, 5) is 37.6. The molecule has 0 radical (unpaired) electrons. The molecule has 3 N–H and O–H groups in total. The van der Waals surface area contributed by atoms with E-state index in [2.05, 4.69) is 22.8 Å². The van der Waals surface area contributed by atoms with Gasteiger partial charge in [0, 0.05) is 5.92 Å². The quantitative estimate of drug-likeness (QED) is 0.583. The first-order valence-corrected chi connectivity index (χ1v) is 11.8. The van der Waals surface area contributed by atoms with Gasteiger partial charge in [0.2, 0.25) is 5.91 Å². The van der Waals surface area contributed by atoms with Gasteiger partial charge in [0.15, 0.2) is 0 Å². The van der Waals surface area contributed by atoms with Crippen molar-refractivity contribution >= 4 is 18.0 Å². The van der Waals surface area contributed by atoms with E-state index in [1.54, 1.807) is 27.7 Å². The Labute approximate surface area is 205 Å². The Morgan fingerprint density at radius 1 is 1.09 bits per heavy atom. The number of carboxylic acid groups (broad SMARTS) is 1. The lowest BCUT2D eigenvalue weighted by molar-refractivity contribution is -0.147. The summed E-state index contributed by atoms with van der Waals surface area (Å²) in [5.41, 5.74) is 2.67. The zero-order valence-corrected chi connectivity index (χ0v) is 20.5. The molecule has 1 heterocycles. The number of carboxylic acids is 1. The molecule has 4 rings (SSSR count). The molecule has 8 heteroatoms. The predicted molar refractivity (Wildman–Crippen MR) is 130 cm³/mol. The Hall–Kier alpha value is -3.39. The summed E-state index contributed by atoms with van der Waals surface area (Å²) in [6.45, 7) is 7.22. The number of benzene rings is 2. The molecule has 2 amide bonds. The van der Waals surface area contributed by atoms with Gasteiger partial charge < -0.3 is 25.2 Å². The molecule has 2 aliphatic rings. The third-order valence-corrected chi connectivity index (χ3v) is 7.00. The number of hydrogen-bond donors (Lipinski definition) is 3. The van der Waals surface area contributed by atoms with Crippen LogP contribution in [0.15, 0.2) is 48.5 Å². The molecular weight excluding hydrogens is 448 g/mol. The lowest BCUT2D eigenvalue weighted by Crippen LogP contribution is -2.58. The molecule has 0 saturated carbocycles. The van der Waals surface area contributed by atoms with Crippen molar-refractivity contribution in [3.05, 3.63) is 59.7 Å². The number of rotatable bonds is 6. The Morgan fingerprint density at radius 2 is 1.66 bits per heavy atom. The van der Waals surface area contributed by atoms with Crippen molar-refractivity contribution in [2.45, 2.75) is 45.7 Å². The number of carbonyl (C=O) groups excluding carboxylic acids is 2. The maximum atomic E-state index is 13.1. The summed E-state index contributed by atoms with van der Waals surface area (Å²) in [6, 6.07) is 14.4. The summed E-state index contributed by atoms with van der Waals surface area (Å²) in [6.07, 6.45) is -0.646. The molecule has 1 fully saturated rings. The Balaban J connectivity index is 1.42. The number of ether oxygens (including phenoxy) is 2. The average molecular weight is 481 g/mol. The first-order valence-electron chi connectivity index (χ1n) is 11.8. The zero-order chi connectivity index (χ0) is 25.4. The van der Waals surface area contributed by atoms with Gasteiger partial charge in [-0.2, -0.15) is 0 Å². The van der Waals surface area contributed by atoms with E-state index in [0.29, 0.717) is 0 Å². The van der Waals surface area contributed by atoms with Crippen LogP contribution in [0.5, 0.6) is 0 Å². The van der Waals surface area contributed by atoms with Crippen molar-refractivity contribution in [3.8, 4) is 11.1 Å². The Bertz CT molecular complexity index is 1090. The second-order valence-corrected chi connectivity index (χ2v) is 10.6. The molecule has 1 aliphatic carbocycles. The van der Waals surface area contributed by atoms with E-state index in [9.17, 15) is 19.5 Å². The molecule has 3 atom stereocenters. The summed E-state index contributed by atoms with van der Waals surface area (Å²) in [5.74, 6) is -1.68. The largest absolute Gasteiger partial charge is 0.480 e. The van der Waals surface area contributed by atoms with Gasteiger partial charge >= 0.3 is 12.1 Å². The van der Waals surface area contributed by atoms with Crippen LogP contribution < -0.4 is 10.6 Å². The number of alkyl carbamates (subject to hydrolysis) is 1. The highest BCUT2D eigenvalue weighted by Crippen LogP contribution is 2.44. The van der Waals surface area contributed by atoms with Crippen molar-refractivity contribution in [1.82, 2.24) is 10.6 Å². The van der Waals surface area contributed by atoms with Gasteiger partial charge in [-0.1, -0.05) is 69.3 Å². The first-order chi connectivity index (χ1) is 16.5. The number of amides is 2. The van der Waals surface area contributed by atoms with Crippen LogP contribution in [0, 0.1) is 10.8 Å². The highest BCUT2D eigenvalue weighted by atomic mass is 16.5. The van der Waals surface area contributed by atoms with Crippen LogP contribution in [0.4, 0.5) is 4.79 Å². The van der Waals surface area contributed by atoms with E-state index in [0.717, 1.165) is 22.3 Å². The van der Waals surface area contributed by atoms with E-state index in [4.69, 9.17) is 9.47 Å². The molecule has 0 spiro atoms. The van der Waals surface area contributed by atoms with E-state index in [-0.39, 0.29) is 25.7 Å². The summed E-state index contributed by atoms with van der Waals surface area (Å²) in [5, 5.41) is 15.0. The SMILES string of the molecule is CC1(C(=O)N[C@H](C(=O)O)C(C)(C)C)COCC1NC(=O)OCC1c2ccccc2-c2ccccc21. The van der Waals surface area contributed by atoms with Gasteiger partial charge in [-0.3, -0.25) is 4.79 Å². The number of aliphatic carboxylic acids is 1. The molecule has 0 aromatic heterocycles. The summed E-state index contributed by atoms with van der Waals surface area (Å²) >= 11 is 0. The Morgan fingerprint density at radius 3 is 2.20 bits per heavy atom. The van der Waals surface area contributed by atoms with Crippen LogP contribution in [0.25, 0.3) is 11.1 Å². The average Bonchev–Trinajstić information content (AvgIpc) is 3.33. The molecule has 1 aliphatic heterocycles. The monoisotopic (exact) mass is 480 g/mol. The second kappa shape index (κ2) is 9.34. The van der Waals surface area contributed by atoms with Crippen molar-refractivity contribution in [3.63, 3.8) is 0 Å². The number of carbonyl (C=O) groups is 3. The lowest BCUT2D eigenvalue weighted by Gasteiger charge is -2.33. The van der Waals surface area contributed by atoms with Gasteiger partial charge in [0.1, 0.15) is 12.6 Å². The minimum Gasteiger partial charge on any atom is -0.480 e. The molecule has 2 aromatic rings. The van der Waals surface area contributed by atoms with Crippen LogP contribution in [-0.4, -0.2) is 55.0 Å². The molecule has 186 valence electrons. The molecule has 0 bridgehead atoms. The molecule has 8 nitrogen and oxygen atoms in total. The minimum absolute atomic E-state index is 0.0592. The van der Waals surface area contributed by atoms with Crippen molar-refractivity contribution in [2.24, 2.45) is 10.8 Å². The third-order valence-electron chi connectivity index (χ3n) is 7.00. The van der Waals surface area contributed by atoms with Crippen molar-refractivity contribution in [2.75, 3.05) is 19.8 Å². The van der Waals surface area contributed by atoms with Gasteiger partial charge in [-0.05, 0) is 34.6 Å². The van der Waals surface area contributed by atoms with Gasteiger partial charge in [-0.25, -0.2) is 9.59 Å². The number of fused-ring (bicyclic) bond motifs is 3. The molecule has 2 aromatic carbocycles. The van der Waals surface area contributed by atoms with Gasteiger partial charge in [0.25, 0.3) is 0 Å². The van der Waals surface area contributed by atoms with Gasteiger partial charge in [-0.15, -0.1) is 0 Å². The van der Waals surface area contributed by atoms with Crippen LogP contribution in [0.1, 0.15) is 44.7 Å². The van der Waals surface area contributed by atoms with Gasteiger partial charge in [0.05, 0.1) is 24.7 Å². The smallest absolute Gasteiger partial charge is 0.407 e. The number of hydrogen-bond acceptors (Lipinski definition) is 5. The summed E-state index contributed by atoms with van der Waals surface area (Å²) < 4.78 is 11.1. The predicted octanol–water partition coefficient (Wildman–Crippen LogP) is 3.55. The van der Waals surface area contributed by atoms with E-state index >= 15 is 0 Å². The maximum Gasteiger partial charge on any atom is 0.407 e. The first kappa shape index (κ1) is 24.7. The van der Waals surface area contributed by atoms with E-state index in [1.165, 1.54) is 0 Å². The highest BCUT2D eigenvalue weighted by molar-refractivity contribution is 5.89. The Kier molecular flexibility index (Phi) is 6.60. The third kappa shape index (κ3) is 4.75. The minimum atomic E-state index is -1.13. The molecule has 2 unspecified atom stereocenters. The van der Waals surface area contributed by atoms with Crippen LogP contribution >= 0.6 is 0 Å². The maximum absolute atomic E-state index is 13.1. The second-order valence-electron chi connectivity index (χ2n) is 10.6. The van der Waals surface area contributed by atoms with E-state index < -0.39 is 40.9 Å². The van der Waals surface area contributed by atoms with Crippen LogP contribution in [0.3, 0.4) is 0 Å². The molecular formula is C27H32N2O6. The fraction of sp³-hybridized carbons (Fsp3) is 0.444. The lowest BCUT2D eigenvalue weighted by atomic mass is 9.81. The standard InChI is InChI=1S/C27H32N2O6/c1-26(2,3)22(23(30)31)29-24(32)27(4)15-34-14-21(27)28-25(33)35-13-20-18-11-7-5-9-16(18)17-10-6-8-12-19(17)20/h5-12,20-22H,13-15H2,1-4H3,(H,28,33)(H,29,32)(H,30,31)/t21?,22-,27?/m1/s1. The summed E-state index contributed by atoms with van der Waals surface area (Å²) in [7, 11) is 0. The topological polar surface area (TPSA) is 114 Å². The molecule has 1 saturated heterocycles. The van der Waals surface area contributed by atoms with Crippen molar-refractivity contribution < 1.29 is 29.0 Å². The fourth-order valence-corrected chi connectivity index (χ4v) is 4.83. The number of nitrogens with one attached hydrogen (secondary N) is 2. The van der Waals surface area contributed by atoms with Crippen molar-refractivity contribution in [1.29, 1.82) is 0 Å². The van der Waals surface area contributed by atoms with E-state index in [1.807, 2.05) is 36.4 Å². The zero-order valence-electron chi connectivity index (χ0n) is 20.5.